The molecule has 8 nitrogen and oxygen atoms in total. The van der Waals surface area contributed by atoms with Gasteiger partial charge in [0.1, 0.15) is 0 Å². The van der Waals surface area contributed by atoms with Crippen LogP contribution in [0.3, 0.4) is 0 Å². The summed E-state index contributed by atoms with van der Waals surface area (Å²) in [6, 6.07) is 9.55. The van der Waals surface area contributed by atoms with E-state index in [1.165, 1.54) is 0 Å². The molecule has 23 heavy (non-hydrogen) atoms. The van der Waals surface area contributed by atoms with Crippen molar-refractivity contribution in [3.05, 3.63) is 30.3 Å². The van der Waals surface area contributed by atoms with E-state index in [1.54, 1.807) is 0 Å². The number of anilines is 3. The van der Waals surface area contributed by atoms with Crippen molar-refractivity contribution >= 4 is 28.6 Å². The Morgan fingerprint density at radius 3 is 2.61 bits per heavy atom. The van der Waals surface area contributed by atoms with Crippen LogP contribution in [0.4, 0.5) is 17.5 Å². The van der Waals surface area contributed by atoms with Crippen LogP contribution in [0.2, 0.25) is 0 Å². The Balaban J connectivity index is 1.94. The number of benzene rings is 1. The third kappa shape index (κ3) is 3.37. The van der Waals surface area contributed by atoms with Gasteiger partial charge in [0.2, 0.25) is 11.6 Å². The second kappa shape index (κ2) is 6.57. The summed E-state index contributed by atoms with van der Waals surface area (Å²) in [5.74, 6) is 1.19. The predicted octanol–water partition coefficient (Wildman–Crippen LogP) is 1.92. The molecule has 3 aromatic rings. The van der Waals surface area contributed by atoms with Crippen LogP contribution in [0.5, 0.6) is 0 Å². The highest BCUT2D eigenvalue weighted by Gasteiger charge is 2.16. The van der Waals surface area contributed by atoms with Crippen LogP contribution in [0.1, 0.15) is 13.8 Å². The van der Waals surface area contributed by atoms with Crippen LogP contribution in [0, 0.1) is 5.92 Å². The quantitative estimate of drug-likeness (QED) is 0.550. The number of nitrogens with zero attached hydrogens (tertiary/aromatic N) is 4. The normalized spacial score (nSPS) is 12.5. The molecule has 0 aliphatic carbocycles. The highest BCUT2D eigenvalue weighted by Crippen LogP contribution is 2.22. The molecule has 0 fully saturated rings. The summed E-state index contributed by atoms with van der Waals surface area (Å²) in [5.41, 5.74) is 1.91. The number of para-hydroxylation sites is 1. The maximum atomic E-state index is 9.47. The molecule has 4 N–H and O–H groups in total. The predicted molar refractivity (Wildman–Crippen MR) is 88.5 cm³/mol. The van der Waals surface area contributed by atoms with Gasteiger partial charge in [0, 0.05) is 5.69 Å². The molecule has 0 aliphatic rings. The van der Waals surface area contributed by atoms with E-state index in [9.17, 15) is 5.11 Å². The van der Waals surface area contributed by atoms with Gasteiger partial charge < -0.3 is 15.7 Å². The summed E-state index contributed by atoms with van der Waals surface area (Å²) in [6.07, 6.45) is 0. The number of aromatic amines is 1. The van der Waals surface area contributed by atoms with Crippen LogP contribution in [-0.2, 0) is 0 Å². The van der Waals surface area contributed by atoms with Gasteiger partial charge in [0.25, 0.3) is 0 Å². The van der Waals surface area contributed by atoms with E-state index in [4.69, 9.17) is 0 Å². The number of nitrogens with one attached hydrogen (secondary N) is 3. The summed E-state index contributed by atoms with van der Waals surface area (Å²) in [7, 11) is 0. The summed E-state index contributed by atoms with van der Waals surface area (Å²) in [5, 5.41) is 26.5. The summed E-state index contributed by atoms with van der Waals surface area (Å²) >= 11 is 0. The number of rotatable bonds is 6. The Labute approximate surface area is 133 Å². The first-order valence-electron chi connectivity index (χ1n) is 7.45. The fourth-order valence-electron chi connectivity index (χ4n) is 2.15. The average molecular weight is 313 g/mol. The maximum Gasteiger partial charge on any atom is 0.227 e. The largest absolute Gasteiger partial charge is 0.394 e. The molecular formula is C15H19N7O. The Hall–Kier alpha value is -2.74. The van der Waals surface area contributed by atoms with Crippen molar-refractivity contribution < 1.29 is 5.11 Å². The van der Waals surface area contributed by atoms with Crippen LogP contribution in [0.25, 0.3) is 11.2 Å². The van der Waals surface area contributed by atoms with E-state index in [2.05, 4.69) is 36.0 Å². The Kier molecular flexibility index (Phi) is 4.33. The fraction of sp³-hybridized carbons (Fsp3) is 0.333. The van der Waals surface area contributed by atoms with Crippen molar-refractivity contribution in [2.75, 3.05) is 17.2 Å². The SMILES string of the molecule is CC(C)[C@H](CO)Nc1nc(Nc2ccccc2)c2n[nH]nc2n1. The van der Waals surface area contributed by atoms with Crippen LogP contribution < -0.4 is 10.6 Å². The standard InChI is InChI=1S/C15H19N7O/c1-9(2)11(8-23)17-15-18-13(12-14(19-15)21-22-20-12)16-10-6-4-3-5-7-10/h3-7,9,11,23H,8H2,1-2H3,(H3,16,17,18,19,20,21,22)/t11-/m0/s1. The van der Waals surface area contributed by atoms with Crippen molar-refractivity contribution in [1.82, 2.24) is 25.4 Å². The van der Waals surface area contributed by atoms with Crippen molar-refractivity contribution in [3.63, 3.8) is 0 Å². The number of hydrogen-bond donors (Lipinski definition) is 4. The van der Waals surface area contributed by atoms with Crippen LogP contribution in [-0.4, -0.2) is 43.1 Å². The fourth-order valence-corrected chi connectivity index (χ4v) is 2.15. The molecular weight excluding hydrogens is 294 g/mol. The van der Waals surface area contributed by atoms with Gasteiger partial charge in [0.05, 0.1) is 12.6 Å². The molecule has 8 heteroatoms. The molecule has 2 heterocycles. The zero-order chi connectivity index (χ0) is 16.2. The Morgan fingerprint density at radius 1 is 1.13 bits per heavy atom. The van der Waals surface area contributed by atoms with Crippen molar-refractivity contribution in [2.45, 2.75) is 19.9 Å². The van der Waals surface area contributed by atoms with Crippen molar-refractivity contribution in [3.8, 4) is 0 Å². The van der Waals surface area contributed by atoms with E-state index in [0.717, 1.165) is 5.69 Å². The molecule has 0 saturated carbocycles. The molecule has 0 radical (unpaired) electrons. The number of aliphatic hydroxyl groups excluding tert-OH is 1. The molecule has 0 amide bonds. The van der Waals surface area contributed by atoms with E-state index >= 15 is 0 Å². The Bertz CT molecular complexity index is 772. The average Bonchev–Trinajstić information content (AvgIpc) is 3.02. The minimum atomic E-state index is -0.135. The number of H-pyrrole nitrogens is 1. The van der Waals surface area contributed by atoms with Gasteiger partial charge >= 0.3 is 0 Å². The second-order valence-corrected chi connectivity index (χ2v) is 5.56. The van der Waals surface area contributed by atoms with Gasteiger partial charge in [0.15, 0.2) is 11.3 Å². The molecule has 120 valence electrons. The lowest BCUT2D eigenvalue weighted by Crippen LogP contribution is -2.30. The topological polar surface area (TPSA) is 112 Å². The monoisotopic (exact) mass is 313 g/mol. The number of aromatic nitrogens is 5. The minimum Gasteiger partial charge on any atom is -0.394 e. The molecule has 0 saturated heterocycles. The molecule has 0 unspecified atom stereocenters. The van der Waals surface area contributed by atoms with Gasteiger partial charge in [-0.3, -0.25) is 0 Å². The molecule has 1 aromatic carbocycles. The third-order valence-corrected chi connectivity index (χ3v) is 3.54. The lowest BCUT2D eigenvalue weighted by molar-refractivity contribution is 0.248. The Morgan fingerprint density at radius 2 is 1.91 bits per heavy atom. The first-order valence-corrected chi connectivity index (χ1v) is 7.45. The third-order valence-electron chi connectivity index (χ3n) is 3.54. The van der Waals surface area contributed by atoms with Gasteiger partial charge in [-0.25, -0.2) is 0 Å². The van der Waals surface area contributed by atoms with E-state index < -0.39 is 0 Å². The smallest absolute Gasteiger partial charge is 0.227 e. The molecule has 3 rings (SSSR count). The van der Waals surface area contributed by atoms with E-state index in [-0.39, 0.29) is 18.6 Å². The number of hydrogen-bond acceptors (Lipinski definition) is 7. The number of aliphatic hydroxyl groups is 1. The van der Waals surface area contributed by atoms with Crippen LogP contribution in [0.15, 0.2) is 30.3 Å². The molecule has 1 atom stereocenters. The molecule has 0 spiro atoms. The molecule has 0 aliphatic heterocycles. The van der Waals surface area contributed by atoms with Gasteiger partial charge in [-0.05, 0) is 18.1 Å². The second-order valence-electron chi connectivity index (χ2n) is 5.56. The number of fused-ring (bicyclic) bond motifs is 1. The highest BCUT2D eigenvalue weighted by molar-refractivity contribution is 5.85. The summed E-state index contributed by atoms with van der Waals surface area (Å²) < 4.78 is 0. The van der Waals surface area contributed by atoms with Crippen molar-refractivity contribution in [2.24, 2.45) is 5.92 Å². The van der Waals surface area contributed by atoms with Crippen molar-refractivity contribution in [1.29, 1.82) is 0 Å². The highest BCUT2D eigenvalue weighted by atomic mass is 16.3. The molecule has 0 bridgehead atoms. The first kappa shape index (κ1) is 15.2. The molecule has 2 aromatic heterocycles. The lowest BCUT2D eigenvalue weighted by atomic mass is 10.1. The maximum absolute atomic E-state index is 9.47. The lowest BCUT2D eigenvalue weighted by Gasteiger charge is -2.20. The zero-order valence-corrected chi connectivity index (χ0v) is 13.0. The van der Waals surface area contributed by atoms with E-state index in [0.29, 0.717) is 22.9 Å². The van der Waals surface area contributed by atoms with Gasteiger partial charge in [-0.1, -0.05) is 32.0 Å². The van der Waals surface area contributed by atoms with E-state index in [1.807, 2.05) is 44.2 Å². The van der Waals surface area contributed by atoms with Gasteiger partial charge in [-0.15, -0.1) is 5.10 Å². The summed E-state index contributed by atoms with van der Waals surface area (Å²) in [4.78, 5) is 8.80. The minimum absolute atomic E-state index is 0.000668. The van der Waals surface area contributed by atoms with Gasteiger partial charge in [-0.2, -0.15) is 20.3 Å². The first-order chi connectivity index (χ1) is 11.2. The summed E-state index contributed by atoms with van der Waals surface area (Å²) in [6.45, 7) is 4.04. The zero-order valence-electron chi connectivity index (χ0n) is 13.0. The van der Waals surface area contributed by atoms with Crippen LogP contribution >= 0.6 is 0 Å².